The molecule has 0 aliphatic carbocycles. The van der Waals surface area contributed by atoms with Crippen LogP contribution in [0.5, 0.6) is 0 Å². The molecule has 2 rings (SSSR count). The summed E-state index contributed by atoms with van der Waals surface area (Å²) in [5, 5.41) is 5.00. The highest BCUT2D eigenvalue weighted by atomic mass is 32.1. The molecule has 0 saturated carbocycles. The number of rotatable bonds is 4. The van der Waals surface area contributed by atoms with Crippen molar-refractivity contribution in [1.82, 2.24) is 10.3 Å². The van der Waals surface area contributed by atoms with Gasteiger partial charge in [0.05, 0.1) is 22.8 Å². The average Bonchev–Trinajstić information content (AvgIpc) is 2.88. The van der Waals surface area contributed by atoms with E-state index in [9.17, 15) is 13.2 Å². The maximum atomic E-state index is 12.7. The van der Waals surface area contributed by atoms with Gasteiger partial charge in [0, 0.05) is 5.38 Å². The Morgan fingerprint density at radius 3 is 2.74 bits per heavy atom. The fourth-order valence-corrected chi connectivity index (χ4v) is 2.44. The van der Waals surface area contributed by atoms with Gasteiger partial charge < -0.3 is 5.32 Å². The molecule has 0 fully saturated rings. The second-order valence-electron chi connectivity index (χ2n) is 4.03. The monoisotopic (exact) mass is 286 g/mol. The summed E-state index contributed by atoms with van der Waals surface area (Å²) in [6.45, 7) is 2.56. The topological polar surface area (TPSA) is 24.9 Å². The van der Waals surface area contributed by atoms with Gasteiger partial charge in [0.1, 0.15) is 0 Å². The number of nitrogens with one attached hydrogen (secondary N) is 1. The average molecular weight is 286 g/mol. The summed E-state index contributed by atoms with van der Waals surface area (Å²) in [5.41, 5.74) is 2.35. The van der Waals surface area contributed by atoms with Crippen molar-refractivity contribution >= 4 is 11.3 Å². The lowest BCUT2D eigenvalue weighted by molar-refractivity contribution is -0.137. The predicted molar refractivity (Wildman–Crippen MR) is 69.1 cm³/mol. The van der Waals surface area contributed by atoms with Crippen LogP contribution >= 0.6 is 11.3 Å². The molecule has 19 heavy (non-hydrogen) atoms. The fourth-order valence-electron chi connectivity index (χ4n) is 1.86. The predicted octanol–water partition coefficient (Wildman–Crippen LogP) is 3.86. The lowest BCUT2D eigenvalue weighted by Gasteiger charge is -2.17. The molecule has 2 aromatic rings. The lowest BCUT2D eigenvalue weighted by Crippen LogP contribution is -2.22. The molecule has 102 valence electrons. The first-order chi connectivity index (χ1) is 9.02. The third-order valence-electron chi connectivity index (χ3n) is 2.70. The van der Waals surface area contributed by atoms with E-state index in [1.54, 1.807) is 11.6 Å². The zero-order chi connectivity index (χ0) is 13.9. The minimum Gasteiger partial charge on any atom is -0.305 e. The zero-order valence-electron chi connectivity index (χ0n) is 10.2. The van der Waals surface area contributed by atoms with Crippen LogP contribution in [0.1, 0.15) is 29.8 Å². The van der Waals surface area contributed by atoms with E-state index in [-0.39, 0.29) is 6.04 Å². The number of halogens is 3. The minimum atomic E-state index is -4.32. The molecule has 1 atom stereocenters. The molecule has 0 aliphatic heterocycles. The van der Waals surface area contributed by atoms with Crippen molar-refractivity contribution in [2.45, 2.75) is 19.1 Å². The molecule has 0 spiro atoms. The van der Waals surface area contributed by atoms with Crippen LogP contribution < -0.4 is 5.32 Å². The van der Waals surface area contributed by atoms with Crippen molar-refractivity contribution in [3.63, 3.8) is 0 Å². The van der Waals surface area contributed by atoms with Gasteiger partial charge in [-0.1, -0.05) is 19.1 Å². The quantitative estimate of drug-likeness (QED) is 0.923. The van der Waals surface area contributed by atoms with Crippen LogP contribution in [-0.4, -0.2) is 11.5 Å². The Morgan fingerprint density at radius 1 is 1.37 bits per heavy atom. The van der Waals surface area contributed by atoms with Crippen molar-refractivity contribution in [2.75, 3.05) is 6.54 Å². The van der Waals surface area contributed by atoms with Crippen molar-refractivity contribution in [1.29, 1.82) is 0 Å². The summed E-state index contributed by atoms with van der Waals surface area (Å²) >= 11 is 1.42. The first-order valence-electron chi connectivity index (χ1n) is 5.81. The van der Waals surface area contributed by atoms with E-state index in [1.165, 1.54) is 23.5 Å². The molecule has 0 saturated heterocycles. The van der Waals surface area contributed by atoms with E-state index < -0.39 is 11.7 Å². The van der Waals surface area contributed by atoms with Crippen molar-refractivity contribution in [2.24, 2.45) is 0 Å². The molecule has 1 aromatic heterocycles. The smallest absolute Gasteiger partial charge is 0.305 e. The maximum Gasteiger partial charge on any atom is 0.416 e. The highest BCUT2D eigenvalue weighted by molar-refractivity contribution is 7.07. The molecule has 0 bridgehead atoms. The molecule has 1 heterocycles. The van der Waals surface area contributed by atoms with E-state index in [0.29, 0.717) is 12.1 Å². The maximum absolute atomic E-state index is 12.7. The second kappa shape index (κ2) is 5.71. The number of thiazole rings is 1. The minimum absolute atomic E-state index is 0.307. The molecule has 1 aromatic carbocycles. The van der Waals surface area contributed by atoms with Crippen molar-refractivity contribution in [3.8, 4) is 0 Å². The van der Waals surface area contributed by atoms with Crippen LogP contribution in [0.15, 0.2) is 35.2 Å². The van der Waals surface area contributed by atoms with E-state index in [4.69, 9.17) is 0 Å². The Kier molecular flexibility index (Phi) is 4.21. The highest BCUT2D eigenvalue weighted by Crippen LogP contribution is 2.32. The Hall–Kier alpha value is -1.40. The molecule has 0 radical (unpaired) electrons. The Labute approximate surface area is 113 Å². The normalized spacial score (nSPS) is 13.5. The van der Waals surface area contributed by atoms with Gasteiger partial charge in [0.25, 0.3) is 0 Å². The van der Waals surface area contributed by atoms with Gasteiger partial charge >= 0.3 is 6.18 Å². The number of nitrogens with zero attached hydrogens (tertiary/aromatic N) is 1. The van der Waals surface area contributed by atoms with E-state index >= 15 is 0 Å². The summed E-state index contributed by atoms with van der Waals surface area (Å²) in [7, 11) is 0. The lowest BCUT2D eigenvalue weighted by atomic mass is 10.0. The summed E-state index contributed by atoms with van der Waals surface area (Å²) in [6, 6.07) is 5.05. The van der Waals surface area contributed by atoms with Gasteiger partial charge in [0.2, 0.25) is 0 Å². The third-order valence-corrected chi connectivity index (χ3v) is 3.31. The highest BCUT2D eigenvalue weighted by Gasteiger charge is 2.31. The third kappa shape index (κ3) is 3.33. The van der Waals surface area contributed by atoms with Crippen LogP contribution in [0.25, 0.3) is 0 Å². The number of benzene rings is 1. The molecular weight excluding hydrogens is 273 g/mol. The van der Waals surface area contributed by atoms with Crippen molar-refractivity contribution < 1.29 is 13.2 Å². The van der Waals surface area contributed by atoms with E-state index in [2.05, 4.69) is 10.3 Å². The van der Waals surface area contributed by atoms with Crippen LogP contribution in [0, 0.1) is 0 Å². The SMILES string of the molecule is CCNC(c1cccc(C(F)(F)F)c1)c1cscn1. The summed E-state index contributed by atoms with van der Waals surface area (Å²) in [5.74, 6) is 0. The van der Waals surface area contributed by atoms with Gasteiger partial charge in [0.15, 0.2) is 0 Å². The molecular formula is C13H13F3N2S. The molecule has 2 nitrogen and oxygen atoms in total. The van der Waals surface area contributed by atoms with Gasteiger partial charge in [-0.25, -0.2) is 4.98 Å². The molecule has 6 heteroatoms. The number of alkyl halides is 3. The number of aromatic nitrogens is 1. The zero-order valence-corrected chi connectivity index (χ0v) is 11.1. The van der Waals surface area contributed by atoms with Crippen LogP contribution in [0.4, 0.5) is 13.2 Å². The van der Waals surface area contributed by atoms with Gasteiger partial charge in [-0.05, 0) is 24.2 Å². The van der Waals surface area contributed by atoms with Gasteiger partial charge in [-0.2, -0.15) is 13.2 Å². The van der Waals surface area contributed by atoms with E-state index in [1.807, 2.05) is 12.3 Å². The number of hydrogen-bond acceptors (Lipinski definition) is 3. The van der Waals surface area contributed by atoms with E-state index in [0.717, 1.165) is 11.8 Å². The second-order valence-corrected chi connectivity index (χ2v) is 4.75. The van der Waals surface area contributed by atoms with Gasteiger partial charge in [-0.3, -0.25) is 0 Å². The summed E-state index contributed by atoms with van der Waals surface area (Å²) in [6.07, 6.45) is -4.32. The first kappa shape index (κ1) is 14.0. The molecule has 0 amide bonds. The van der Waals surface area contributed by atoms with Crippen LogP contribution in [-0.2, 0) is 6.18 Å². The summed E-state index contributed by atoms with van der Waals surface area (Å²) < 4.78 is 38.2. The first-order valence-corrected chi connectivity index (χ1v) is 6.75. The van der Waals surface area contributed by atoms with Gasteiger partial charge in [-0.15, -0.1) is 11.3 Å². The Morgan fingerprint density at radius 2 is 2.16 bits per heavy atom. The molecule has 1 unspecified atom stereocenters. The van der Waals surface area contributed by atoms with Crippen LogP contribution in [0.2, 0.25) is 0 Å². The number of hydrogen-bond donors (Lipinski definition) is 1. The Bertz CT molecular complexity index is 523. The standard InChI is InChI=1S/C13H13F3N2S/c1-2-17-12(11-7-19-8-18-11)9-4-3-5-10(6-9)13(14,15)16/h3-8,12,17H,2H2,1H3. The molecule has 0 aliphatic rings. The Balaban J connectivity index is 2.37. The molecule has 1 N–H and O–H groups in total. The van der Waals surface area contributed by atoms with Crippen LogP contribution in [0.3, 0.4) is 0 Å². The summed E-state index contributed by atoms with van der Waals surface area (Å²) in [4.78, 5) is 4.18. The largest absolute Gasteiger partial charge is 0.416 e. The van der Waals surface area contributed by atoms with Crippen molar-refractivity contribution in [3.05, 3.63) is 52.0 Å². The fraction of sp³-hybridized carbons (Fsp3) is 0.308.